The van der Waals surface area contributed by atoms with Crippen molar-refractivity contribution in [2.75, 3.05) is 13.7 Å². The van der Waals surface area contributed by atoms with Gasteiger partial charge >= 0.3 is 0 Å². The van der Waals surface area contributed by atoms with Crippen LogP contribution >= 0.6 is 0 Å². The minimum Gasteiger partial charge on any atom is -0.370 e. The molecule has 54 valence electrons. The number of amides is 1. The quantitative estimate of drug-likeness (QED) is 0.235. The van der Waals surface area contributed by atoms with E-state index >= 15 is 0 Å². The Balaban J connectivity index is 3.64. The summed E-state index contributed by atoms with van der Waals surface area (Å²) in [6.07, 6.45) is -0.630. The SMILES string of the molecule is COC(CN)C(=O)NN. The lowest BCUT2D eigenvalue weighted by molar-refractivity contribution is -0.130. The van der Waals surface area contributed by atoms with Gasteiger partial charge in [-0.05, 0) is 0 Å². The minimum absolute atomic E-state index is 0.138. The zero-order valence-corrected chi connectivity index (χ0v) is 5.26. The molecule has 0 spiro atoms. The highest BCUT2D eigenvalue weighted by molar-refractivity contribution is 5.80. The monoisotopic (exact) mass is 133 g/mol. The van der Waals surface area contributed by atoms with Crippen molar-refractivity contribution in [3.63, 3.8) is 0 Å². The molecule has 0 aliphatic carbocycles. The summed E-state index contributed by atoms with van der Waals surface area (Å²) in [6, 6.07) is 0. The molecule has 5 nitrogen and oxygen atoms in total. The van der Waals surface area contributed by atoms with Crippen LogP contribution < -0.4 is 17.0 Å². The smallest absolute Gasteiger partial charge is 0.264 e. The maximum absolute atomic E-state index is 10.5. The molecular weight excluding hydrogens is 122 g/mol. The average molecular weight is 133 g/mol. The van der Waals surface area contributed by atoms with E-state index in [0.717, 1.165) is 0 Å². The molecule has 0 fully saturated rings. The first-order chi connectivity index (χ1) is 4.26. The highest BCUT2D eigenvalue weighted by Crippen LogP contribution is 1.83. The van der Waals surface area contributed by atoms with E-state index in [1.807, 2.05) is 5.43 Å². The van der Waals surface area contributed by atoms with Crippen molar-refractivity contribution in [3.8, 4) is 0 Å². The van der Waals surface area contributed by atoms with Crippen LogP contribution in [0.15, 0.2) is 0 Å². The lowest BCUT2D eigenvalue weighted by Crippen LogP contribution is -2.43. The van der Waals surface area contributed by atoms with Gasteiger partial charge in [0.2, 0.25) is 0 Å². The predicted octanol–water partition coefficient (Wildman–Crippen LogP) is -2.05. The fourth-order valence-electron chi connectivity index (χ4n) is 0.403. The second-order valence-electron chi connectivity index (χ2n) is 1.47. The third-order valence-electron chi connectivity index (χ3n) is 0.933. The molecule has 0 saturated carbocycles. The molecule has 1 atom stereocenters. The molecule has 0 aliphatic rings. The maximum Gasteiger partial charge on any atom is 0.264 e. The van der Waals surface area contributed by atoms with Crippen molar-refractivity contribution in [2.45, 2.75) is 6.10 Å². The van der Waals surface area contributed by atoms with E-state index in [4.69, 9.17) is 11.6 Å². The summed E-state index contributed by atoms with van der Waals surface area (Å²) >= 11 is 0. The van der Waals surface area contributed by atoms with E-state index in [1.165, 1.54) is 7.11 Å². The van der Waals surface area contributed by atoms with Gasteiger partial charge in [-0.25, -0.2) is 5.84 Å². The summed E-state index contributed by atoms with van der Waals surface area (Å²) in [5.74, 6) is 4.39. The number of ether oxygens (including phenoxy) is 1. The molecule has 9 heavy (non-hydrogen) atoms. The van der Waals surface area contributed by atoms with E-state index < -0.39 is 12.0 Å². The number of methoxy groups -OCH3 is 1. The first-order valence-corrected chi connectivity index (χ1v) is 2.49. The number of carbonyl (C=O) groups is 1. The Labute approximate surface area is 53.3 Å². The third kappa shape index (κ3) is 2.41. The van der Waals surface area contributed by atoms with Crippen LogP contribution in [0.1, 0.15) is 0 Å². The molecule has 5 N–H and O–H groups in total. The minimum atomic E-state index is -0.630. The molecule has 0 rings (SSSR count). The van der Waals surface area contributed by atoms with Gasteiger partial charge in [0.1, 0.15) is 6.10 Å². The molecule has 0 heterocycles. The van der Waals surface area contributed by atoms with Gasteiger partial charge in [-0.3, -0.25) is 10.2 Å². The lowest BCUT2D eigenvalue weighted by atomic mass is 10.3. The fourth-order valence-corrected chi connectivity index (χ4v) is 0.403. The zero-order valence-electron chi connectivity index (χ0n) is 5.26. The van der Waals surface area contributed by atoms with E-state index in [-0.39, 0.29) is 6.54 Å². The second-order valence-corrected chi connectivity index (χ2v) is 1.47. The van der Waals surface area contributed by atoms with Crippen LogP contribution in [0, 0.1) is 0 Å². The molecule has 0 saturated heterocycles. The highest BCUT2D eigenvalue weighted by atomic mass is 16.5. The molecule has 0 aromatic rings. The van der Waals surface area contributed by atoms with Crippen molar-refractivity contribution < 1.29 is 9.53 Å². The summed E-state index contributed by atoms with van der Waals surface area (Å²) in [5, 5.41) is 0. The van der Waals surface area contributed by atoms with Crippen LogP contribution in [0.2, 0.25) is 0 Å². The summed E-state index contributed by atoms with van der Waals surface area (Å²) < 4.78 is 4.64. The number of nitrogens with one attached hydrogen (secondary N) is 1. The first-order valence-electron chi connectivity index (χ1n) is 2.49. The van der Waals surface area contributed by atoms with Crippen molar-refractivity contribution >= 4 is 5.91 Å². The van der Waals surface area contributed by atoms with Gasteiger partial charge in [0.05, 0.1) is 0 Å². The normalized spacial score (nSPS) is 12.8. The molecule has 0 aromatic heterocycles. The number of hydrazine groups is 1. The van der Waals surface area contributed by atoms with Gasteiger partial charge in [0.25, 0.3) is 5.91 Å². The van der Waals surface area contributed by atoms with Gasteiger partial charge in [0.15, 0.2) is 0 Å². The Kier molecular flexibility index (Phi) is 3.94. The number of hydrogen-bond donors (Lipinski definition) is 3. The van der Waals surface area contributed by atoms with Crippen molar-refractivity contribution in [1.29, 1.82) is 0 Å². The molecule has 0 aliphatic heterocycles. The van der Waals surface area contributed by atoms with Crippen LogP contribution in [0.5, 0.6) is 0 Å². The Bertz CT molecular complexity index is 91.8. The molecule has 5 heteroatoms. The van der Waals surface area contributed by atoms with E-state index in [9.17, 15) is 4.79 Å². The second kappa shape index (κ2) is 4.25. The topological polar surface area (TPSA) is 90.4 Å². The first kappa shape index (κ1) is 8.35. The largest absolute Gasteiger partial charge is 0.370 e. The van der Waals surface area contributed by atoms with E-state index in [0.29, 0.717) is 0 Å². The fraction of sp³-hybridized carbons (Fsp3) is 0.750. The summed E-state index contributed by atoms with van der Waals surface area (Å²) in [5.41, 5.74) is 7.04. The van der Waals surface area contributed by atoms with Gasteiger partial charge in [-0.2, -0.15) is 0 Å². The Morgan fingerprint density at radius 2 is 2.44 bits per heavy atom. The molecule has 0 bridgehead atoms. The van der Waals surface area contributed by atoms with Crippen LogP contribution in [0.25, 0.3) is 0 Å². The zero-order chi connectivity index (χ0) is 7.28. The number of hydrogen-bond acceptors (Lipinski definition) is 4. The van der Waals surface area contributed by atoms with Crippen LogP contribution in [0.4, 0.5) is 0 Å². The van der Waals surface area contributed by atoms with Crippen LogP contribution in [0.3, 0.4) is 0 Å². The summed E-state index contributed by atoms with van der Waals surface area (Å²) in [4.78, 5) is 10.5. The molecular formula is C4H11N3O2. The van der Waals surface area contributed by atoms with E-state index in [1.54, 1.807) is 0 Å². The average Bonchev–Trinajstić information content (AvgIpc) is 1.90. The molecule has 0 aromatic carbocycles. The number of carbonyl (C=O) groups excluding carboxylic acids is 1. The standard InChI is InChI=1S/C4H11N3O2/c1-9-3(2-5)4(8)7-6/h3H,2,5-6H2,1H3,(H,7,8). The third-order valence-corrected chi connectivity index (χ3v) is 0.933. The van der Waals surface area contributed by atoms with E-state index in [2.05, 4.69) is 4.74 Å². The predicted molar refractivity (Wildman–Crippen MR) is 32.2 cm³/mol. The Morgan fingerprint density at radius 3 is 2.56 bits per heavy atom. The lowest BCUT2D eigenvalue weighted by Gasteiger charge is -2.09. The highest BCUT2D eigenvalue weighted by Gasteiger charge is 2.12. The van der Waals surface area contributed by atoms with Crippen LogP contribution in [-0.2, 0) is 9.53 Å². The number of rotatable bonds is 3. The van der Waals surface area contributed by atoms with Crippen LogP contribution in [-0.4, -0.2) is 25.7 Å². The summed E-state index contributed by atoms with van der Waals surface area (Å²) in [6.45, 7) is 0.138. The van der Waals surface area contributed by atoms with Gasteiger partial charge < -0.3 is 10.5 Å². The molecule has 1 amide bonds. The maximum atomic E-state index is 10.5. The van der Waals surface area contributed by atoms with Crippen molar-refractivity contribution in [1.82, 2.24) is 5.43 Å². The van der Waals surface area contributed by atoms with Gasteiger partial charge in [-0.1, -0.05) is 0 Å². The Morgan fingerprint density at radius 1 is 1.89 bits per heavy atom. The van der Waals surface area contributed by atoms with Gasteiger partial charge in [0, 0.05) is 13.7 Å². The van der Waals surface area contributed by atoms with Crippen molar-refractivity contribution in [3.05, 3.63) is 0 Å². The summed E-state index contributed by atoms with van der Waals surface area (Å²) in [7, 11) is 1.40. The molecule has 0 radical (unpaired) electrons. The Hall–Kier alpha value is -0.650. The van der Waals surface area contributed by atoms with Crippen molar-refractivity contribution in [2.24, 2.45) is 11.6 Å². The number of nitrogens with two attached hydrogens (primary N) is 2. The molecule has 1 unspecified atom stereocenters. The van der Waals surface area contributed by atoms with Gasteiger partial charge in [-0.15, -0.1) is 0 Å².